The molecule has 27 heavy (non-hydrogen) atoms. The minimum atomic E-state index is -1.13. The van der Waals surface area contributed by atoms with Gasteiger partial charge in [-0.1, -0.05) is 5.21 Å². The van der Waals surface area contributed by atoms with Crippen LogP contribution >= 0.6 is 15.9 Å². The topological polar surface area (TPSA) is 102 Å². The first-order chi connectivity index (χ1) is 13.0. The van der Waals surface area contributed by atoms with Gasteiger partial charge in [0.2, 0.25) is 0 Å². The molecule has 0 spiro atoms. The second-order valence-electron chi connectivity index (χ2n) is 6.12. The van der Waals surface area contributed by atoms with E-state index in [9.17, 15) is 14.0 Å². The maximum absolute atomic E-state index is 14.0. The fourth-order valence-corrected chi connectivity index (χ4v) is 3.22. The molecule has 9 nitrogen and oxygen atoms in total. The number of amides is 2. The molecular weight excluding hydrogens is 425 g/mol. The fourth-order valence-electron chi connectivity index (χ4n) is 2.92. The molecule has 146 valence electrons. The molecule has 1 fully saturated rings. The summed E-state index contributed by atoms with van der Waals surface area (Å²) in [6.07, 6.45) is 0.528. The third kappa shape index (κ3) is 4.72. The van der Waals surface area contributed by atoms with Crippen molar-refractivity contribution in [2.75, 3.05) is 26.8 Å². The number of rotatable bonds is 7. The number of nitrogens with one attached hydrogen (secondary N) is 1. The van der Waals surface area contributed by atoms with Crippen LogP contribution in [0.25, 0.3) is 0 Å². The number of furan rings is 1. The summed E-state index contributed by atoms with van der Waals surface area (Å²) in [7, 11) is 1.54. The monoisotopic (exact) mass is 443 g/mol. The van der Waals surface area contributed by atoms with Gasteiger partial charge in [-0.2, -0.15) is 0 Å². The zero-order valence-electron chi connectivity index (χ0n) is 14.6. The van der Waals surface area contributed by atoms with Gasteiger partial charge in [0.25, 0.3) is 11.8 Å². The Morgan fingerprint density at radius 3 is 3.00 bits per heavy atom. The van der Waals surface area contributed by atoms with E-state index in [1.807, 2.05) is 0 Å². The SMILES string of the molecule is COCCNC(=O)c1cn(C[C@@H]2C[C@H](F)CN2C(=O)c2ccc(Br)o2)nn1. The van der Waals surface area contributed by atoms with E-state index in [4.69, 9.17) is 9.15 Å². The second kappa shape index (κ2) is 8.61. The maximum atomic E-state index is 14.0. The number of likely N-dealkylation sites (tertiary alicyclic amines) is 1. The van der Waals surface area contributed by atoms with E-state index in [-0.39, 0.29) is 42.8 Å². The lowest BCUT2D eigenvalue weighted by Gasteiger charge is -2.23. The van der Waals surface area contributed by atoms with Gasteiger partial charge >= 0.3 is 0 Å². The molecule has 0 radical (unpaired) electrons. The van der Waals surface area contributed by atoms with Crippen LogP contribution in [-0.4, -0.2) is 70.7 Å². The van der Waals surface area contributed by atoms with Crippen molar-refractivity contribution in [3.63, 3.8) is 0 Å². The van der Waals surface area contributed by atoms with E-state index in [1.54, 1.807) is 6.07 Å². The molecular formula is C16H19BrFN5O4. The third-order valence-electron chi connectivity index (χ3n) is 4.17. The minimum Gasteiger partial charge on any atom is -0.444 e. The van der Waals surface area contributed by atoms with Gasteiger partial charge in [0.1, 0.15) is 6.17 Å². The average Bonchev–Trinajstić information content (AvgIpc) is 3.35. The van der Waals surface area contributed by atoms with Crippen LogP contribution in [-0.2, 0) is 11.3 Å². The molecule has 2 aromatic rings. The van der Waals surface area contributed by atoms with Crippen LogP contribution in [0.2, 0.25) is 0 Å². The van der Waals surface area contributed by atoms with Crippen molar-refractivity contribution in [1.29, 1.82) is 0 Å². The molecule has 3 heterocycles. The Labute approximate surface area is 163 Å². The molecule has 2 amide bonds. The number of halogens is 2. The molecule has 2 aromatic heterocycles. The predicted octanol–water partition coefficient (Wildman–Crippen LogP) is 1.26. The molecule has 0 aromatic carbocycles. The normalized spacial score (nSPS) is 19.4. The van der Waals surface area contributed by atoms with Gasteiger partial charge in [-0.05, 0) is 28.1 Å². The number of hydrogen-bond donors (Lipinski definition) is 1. The van der Waals surface area contributed by atoms with Gasteiger partial charge in [-0.3, -0.25) is 9.59 Å². The Balaban J connectivity index is 1.65. The van der Waals surface area contributed by atoms with E-state index >= 15 is 0 Å². The molecule has 0 bridgehead atoms. The minimum absolute atomic E-state index is 0.0130. The Kier molecular flexibility index (Phi) is 6.22. The smallest absolute Gasteiger partial charge is 0.290 e. The summed E-state index contributed by atoms with van der Waals surface area (Å²) in [5, 5.41) is 10.4. The standard InChI is InChI=1S/C16H19BrFN5O4/c1-26-5-4-19-15(24)12-9-22(21-20-12)8-11-6-10(18)7-23(11)16(25)13-2-3-14(17)27-13/h2-3,9-11H,4-8H2,1H3,(H,19,24)/t10-,11-/m0/s1. The van der Waals surface area contributed by atoms with Crippen molar-refractivity contribution in [2.45, 2.75) is 25.2 Å². The van der Waals surface area contributed by atoms with E-state index in [0.29, 0.717) is 17.8 Å². The Morgan fingerprint density at radius 2 is 2.30 bits per heavy atom. The average molecular weight is 444 g/mol. The van der Waals surface area contributed by atoms with Crippen LogP contribution in [0.3, 0.4) is 0 Å². The second-order valence-corrected chi connectivity index (χ2v) is 6.90. The lowest BCUT2D eigenvalue weighted by Crippen LogP contribution is -2.38. The highest BCUT2D eigenvalue weighted by molar-refractivity contribution is 9.10. The number of aromatic nitrogens is 3. The fraction of sp³-hybridized carbons (Fsp3) is 0.500. The van der Waals surface area contributed by atoms with Gasteiger partial charge in [0, 0.05) is 20.1 Å². The van der Waals surface area contributed by atoms with Crippen LogP contribution in [0.1, 0.15) is 27.5 Å². The number of carbonyl (C=O) groups excluding carboxylic acids is 2. The van der Waals surface area contributed by atoms with Crippen LogP contribution in [0.15, 0.2) is 27.4 Å². The highest BCUT2D eigenvalue weighted by Gasteiger charge is 2.37. The Morgan fingerprint density at radius 1 is 1.48 bits per heavy atom. The van der Waals surface area contributed by atoms with Crippen molar-refractivity contribution in [2.24, 2.45) is 0 Å². The Bertz CT molecular complexity index is 810. The molecule has 1 saturated heterocycles. The van der Waals surface area contributed by atoms with E-state index in [2.05, 4.69) is 31.6 Å². The molecule has 1 aliphatic rings. The van der Waals surface area contributed by atoms with Gasteiger partial charge < -0.3 is 19.4 Å². The van der Waals surface area contributed by atoms with E-state index in [1.165, 1.54) is 29.0 Å². The molecule has 3 rings (SSSR count). The van der Waals surface area contributed by atoms with Crippen molar-refractivity contribution in [1.82, 2.24) is 25.2 Å². The third-order valence-corrected chi connectivity index (χ3v) is 4.60. The first-order valence-corrected chi connectivity index (χ1v) is 9.15. The number of ether oxygens (including phenoxy) is 1. The molecule has 0 aliphatic carbocycles. The number of carbonyl (C=O) groups is 2. The highest BCUT2D eigenvalue weighted by atomic mass is 79.9. The number of methoxy groups -OCH3 is 1. The van der Waals surface area contributed by atoms with Gasteiger partial charge in [0.05, 0.1) is 31.9 Å². The first-order valence-electron chi connectivity index (χ1n) is 8.35. The van der Waals surface area contributed by atoms with Crippen molar-refractivity contribution >= 4 is 27.7 Å². The molecule has 1 N–H and O–H groups in total. The van der Waals surface area contributed by atoms with Crippen LogP contribution in [0.5, 0.6) is 0 Å². The lowest BCUT2D eigenvalue weighted by molar-refractivity contribution is 0.0680. The molecule has 11 heteroatoms. The number of hydrogen-bond acceptors (Lipinski definition) is 6. The zero-order chi connectivity index (χ0) is 19.4. The molecule has 0 saturated carbocycles. The summed E-state index contributed by atoms with van der Waals surface area (Å²) in [5.41, 5.74) is 0.147. The summed E-state index contributed by atoms with van der Waals surface area (Å²) < 4.78 is 26.0. The molecule has 0 unspecified atom stereocenters. The number of nitrogens with zero attached hydrogens (tertiary/aromatic N) is 4. The summed E-state index contributed by atoms with van der Waals surface area (Å²) in [4.78, 5) is 26.0. The molecule has 2 atom stereocenters. The Hall–Kier alpha value is -2.27. The van der Waals surface area contributed by atoms with Crippen LogP contribution in [0, 0.1) is 0 Å². The van der Waals surface area contributed by atoms with Crippen molar-refractivity contribution in [3.8, 4) is 0 Å². The zero-order valence-corrected chi connectivity index (χ0v) is 16.2. The highest BCUT2D eigenvalue weighted by Crippen LogP contribution is 2.25. The van der Waals surface area contributed by atoms with Gasteiger partial charge in [-0.25, -0.2) is 9.07 Å². The van der Waals surface area contributed by atoms with Crippen molar-refractivity contribution < 1.29 is 23.1 Å². The first kappa shape index (κ1) is 19.5. The summed E-state index contributed by atoms with van der Waals surface area (Å²) in [6, 6.07) is 2.73. The molecule has 1 aliphatic heterocycles. The summed E-state index contributed by atoms with van der Waals surface area (Å²) in [6.45, 7) is 0.961. The van der Waals surface area contributed by atoms with Crippen molar-refractivity contribution in [3.05, 3.63) is 34.5 Å². The van der Waals surface area contributed by atoms with E-state index < -0.39 is 12.2 Å². The van der Waals surface area contributed by atoms with Crippen LogP contribution < -0.4 is 5.32 Å². The maximum Gasteiger partial charge on any atom is 0.290 e. The largest absolute Gasteiger partial charge is 0.444 e. The predicted molar refractivity (Wildman–Crippen MR) is 95.0 cm³/mol. The van der Waals surface area contributed by atoms with E-state index in [0.717, 1.165) is 0 Å². The quantitative estimate of drug-likeness (QED) is 0.646. The van der Waals surface area contributed by atoms with Crippen LogP contribution in [0.4, 0.5) is 4.39 Å². The lowest BCUT2D eigenvalue weighted by atomic mass is 10.2. The number of alkyl halides is 1. The van der Waals surface area contributed by atoms with Gasteiger partial charge in [-0.15, -0.1) is 5.10 Å². The summed E-state index contributed by atoms with van der Waals surface area (Å²) in [5.74, 6) is -0.622. The summed E-state index contributed by atoms with van der Waals surface area (Å²) >= 11 is 3.15. The van der Waals surface area contributed by atoms with Gasteiger partial charge in [0.15, 0.2) is 16.1 Å².